The lowest BCUT2D eigenvalue weighted by atomic mass is 10.1. The molecule has 0 fully saturated rings. The van der Waals surface area contributed by atoms with Gasteiger partial charge in [-0.05, 0) is 48.7 Å². The number of benzene rings is 2. The largest absolute Gasteiger partial charge is 0.493 e. The summed E-state index contributed by atoms with van der Waals surface area (Å²) in [5.41, 5.74) is 17.2. The Labute approximate surface area is 163 Å². The van der Waals surface area contributed by atoms with Crippen molar-refractivity contribution in [3.8, 4) is 17.2 Å². The summed E-state index contributed by atoms with van der Waals surface area (Å²) in [5.74, 6) is 2.23. The Morgan fingerprint density at radius 3 is 2.64 bits per heavy atom. The van der Waals surface area contributed by atoms with Crippen LogP contribution in [0, 0.1) is 6.92 Å². The van der Waals surface area contributed by atoms with Gasteiger partial charge in [0.1, 0.15) is 11.5 Å². The topological polar surface area (TPSA) is 110 Å². The number of hydrogen-bond donors (Lipinski definition) is 1. The maximum Gasteiger partial charge on any atom is 0.226 e. The van der Waals surface area contributed by atoms with Crippen LogP contribution >= 0.6 is 0 Å². The highest BCUT2D eigenvalue weighted by Gasteiger charge is 2.11. The van der Waals surface area contributed by atoms with E-state index < -0.39 is 0 Å². The van der Waals surface area contributed by atoms with Gasteiger partial charge in [0.05, 0.1) is 12.3 Å². The Hall–Kier alpha value is -3.28. The van der Waals surface area contributed by atoms with Crippen LogP contribution in [0.5, 0.6) is 5.75 Å². The maximum absolute atomic E-state index is 8.33. The third-order valence-corrected chi connectivity index (χ3v) is 4.32. The van der Waals surface area contributed by atoms with Crippen LogP contribution in [0.2, 0.25) is 0 Å². The number of nitrogens with two attached hydrogens (primary N) is 1. The van der Waals surface area contributed by atoms with Gasteiger partial charge in [-0.3, -0.25) is 0 Å². The van der Waals surface area contributed by atoms with Crippen LogP contribution in [0.15, 0.2) is 64.1 Å². The van der Waals surface area contributed by atoms with Gasteiger partial charge in [-0.1, -0.05) is 35.4 Å². The maximum atomic E-state index is 8.33. The summed E-state index contributed by atoms with van der Waals surface area (Å²) >= 11 is 0. The number of oxazole rings is 1. The van der Waals surface area contributed by atoms with Gasteiger partial charge < -0.3 is 14.9 Å². The fraction of sp³-hybridized carbons (Fsp3) is 0.286. The highest BCUT2D eigenvalue weighted by atomic mass is 16.5. The summed E-state index contributed by atoms with van der Waals surface area (Å²) in [7, 11) is 0. The molecule has 7 heteroatoms. The zero-order valence-electron chi connectivity index (χ0n) is 15.8. The average Bonchev–Trinajstić information content (AvgIpc) is 3.09. The van der Waals surface area contributed by atoms with Crippen LogP contribution in [0.1, 0.15) is 17.0 Å². The Morgan fingerprint density at radius 1 is 1.18 bits per heavy atom. The lowest BCUT2D eigenvalue weighted by molar-refractivity contribution is 0.320. The Morgan fingerprint density at radius 2 is 1.93 bits per heavy atom. The van der Waals surface area contributed by atoms with E-state index in [0.29, 0.717) is 25.3 Å². The van der Waals surface area contributed by atoms with Gasteiger partial charge in [0.15, 0.2) is 0 Å². The van der Waals surface area contributed by atoms with Crippen LogP contribution in [0.3, 0.4) is 0 Å². The molecule has 1 heterocycles. The minimum atomic E-state index is -0.184. The van der Waals surface area contributed by atoms with Crippen molar-refractivity contribution in [2.45, 2.75) is 25.8 Å². The minimum Gasteiger partial charge on any atom is -0.493 e. The van der Waals surface area contributed by atoms with Crippen molar-refractivity contribution in [1.82, 2.24) is 4.98 Å². The number of azide groups is 1. The molecule has 7 nitrogen and oxygen atoms in total. The second-order valence-corrected chi connectivity index (χ2v) is 6.51. The molecule has 2 N–H and O–H groups in total. The van der Waals surface area contributed by atoms with E-state index in [1.54, 1.807) is 0 Å². The van der Waals surface area contributed by atoms with E-state index >= 15 is 0 Å². The lowest BCUT2D eigenvalue weighted by Gasteiger charge is -2.10. The molecule has 0 radical (unpaired) electrons. The van der Waals surface area contributed by atoms with Crippen LogP contribution in [-0.2, 0) is 12.8 Å². The molecular weight excluding hydrogens is 354 g/mol. The molecule has 28 heavy (non-hydrogen) atoms. The molecule has 0 bridgehead atoms. The zero-order valence-corrected chi connectivity index (χ0v) is 15.8. The number of hydrogen-bond acceptors (Lipinski definition) is 5. The summed E-state index contributed by atoms with van der Waals surface area (Å²) in [6, 6.07) is 17.4. The number of ether oxygens (including phenoxy) is 1. The normalized spacial score (nSPS) is 11.6. The van der Waals surface area contributed by atoms with E-state index in [2.05, 4.69) is 15.0 Å². The number of aryl methyl sites for hydroxylation is 1. The van der Waals surface area contributed by atoms with Gasteiger partial charge in [-0.25, -0.2) is 4.98 Å². The van der Waals surface area contributed by atoms with Crippen LogP contribution in [-0.4, -0.2) is 24.2 Å². The highest BCUT2D eigenvalue weighted by Crippen LogP contribution is 2.22. The van der Waals surface area contributed by atoms with Crippen molar-refractivity contribution >= 4 is 0 Å². The fourth-order valence-corrected chi connectivity index (χ4v) is 2.86. The van der Waals surface area contributed by atoms with Crippen molar-refractivity contribution in [3.63, 3.8) is 0 Å². The first-order chi connectivity index (χ1) is 13.7. The third-order valence-electron chi connectivity index (χ3n) is 4.32. The van der Waals surface area contributed by atoms with Gasteiger partial charge in [-0.15, -0.1) is 0 Å². The molecule has 3 rings (SSSR count). The monoisotopic (exact) mass is 377 g/mol. The molecule has 0 spiro atoms. The van der Waals surface area contributed by atoms with Crippen molar-refractivity contribution in [2.75, 3.05) is 13.2 Å². The van der Waals surface area contributed by atoms with E-state index in [1.165, 1.54) is 0 Å². The standard InChI is InChI=1S/C21H23N5O2/c1-15-20(25-21(28-15)17-5-3-2-4-6-17)11-12-27-19-9-7-16(8-10-19)13-18(22)14-24-26-23/h2-10,18H,11-14,22H2,1H3/t18-/m0/s1. The quantitative estimate of drug-likeness (QED) is 0.337. The molecule has 0 amide bonds. The minimum absolute atomic E-state index is 0.184. The molecule has 144 valence electrons. The third kappa shape index (κ3) is 5.36. The lowest BCUT2D eigenvalue weighted by Crippen LogP contribution is -2.25. The second kappa shape index (κ2) is 9.60. The van der Waals surface area contributed by atoms with Crippen molar-refractivity contribution < 1.29 is 9.15 Å². The zero-order chi connectivity index (χ0) is 19.8. The highest BCUT2D eigenvalue weighted by molar-refractivity contribution is 5.53. The molecule has 2 aromatic carbocycles. The van der Waals surface area contributed by atoms with E-state index in [4.69, 9.17) is 20.4 Å². The van der Waals surface area contributed by atoms with E-state index in [1.807, 2.05) is 61.5 Å². The molecule has 0 saturated heterocycles. The Bertz CT molecular complexity index is 931. The number of nitrogens with zero attached hydrogens (tertiary/aromatic N) is 4. The SMILES string of the molecule is Cc1oc(-c2ccccc2)nc1CCOc1ccc(C[C@H](N)CN=[N+]=[N-])cc1. The number of rotatable bonds is 9. The fourth-order valence-electron chi connectivity index (χ4n) is 2.86. The van der Waals surface area contributed by atoms with Crippen LogP contribution < -0.4 is 10.5 Å². The molecule has 0 aliphatic rings. The molecule has 0 unspecified atom stereocenters. The van der Waals surface area contributed by atoms with Crippen LogP contribution in [0.25, 0.3) is 21.9 Å². The first-order valence-corrected chi connectivity index (χ1v) is 9.15. The molecule has 1 atom stereocenters. The summed E-state index contributed by atoms with van der Waals surface area (Å²) < 4.78 is 11.6. The van der Waals surface area contributed by atoms with E-state index in [-0.39, 0.29) is 12.6 Å². The predicted molar refractivity (Wildman–Crippen MR) is 108 cm³/mol. The van der Waals surface area contributed by atoms with E-state index in [9.17, 15) is 0 Å². The Kier molecular flexibility index (Phi) is 6.68. The van der Waals surface area contributed by atoms with Gasteiger partial charge in [0.2, 0.25) is 5.89 Å². The van der Waals surface area contributed by atoms with Gasteiger partial charge in [-0.2, -0.15) is 0 Å². The summed E-state index contributed by atoms with van der Waals surface area (Å²) in [6.07, 6.45) is 1.32. The van der Waals surface area contributed by atoms with E-state index in [0.717, 1.165) is 28.3 Å². The molecule has 3 aromatic rings. The molecule has 1 aromatic heterocycles. The van der Waals surface area contributed by atoms with Gasteiger partial charge >= 0.3 is 0 Å². The van der Waals surface area contributed by atoms with Crippen LogP contribution in [0.4, 0.5) is 0 Å². The molecule has 0 aliphatic carbocycles. The summed E-state index contributed by atoms with van der Waals surface area (Å²) in [5, 5.41) is 3.50. The molecule has 0 aliphatic heterocycles. The molecule has 0 saturated carbocycles. The number of aromatic nitrogens is 1. The van der Waals surface area contributed by atoms with Gasteiger partial charge in [0.25, 0.3) is 0 Å². The second-order valence-electron chi connectivity index (χ2n) is 6.51. The predicted octanol–water partition coefficient (Wildman–Crippen LogP) is 4.45. The summed E-state index contributed by atoms with van der Waals surface area (Å²) in [4.78, 5) is 7.32. The smallest absolute Gasteiger partial charge is 0.226 e. The summed E-state index contributed by atoms with van der Waals surface area (Å²) in [6.45, 7) is 2.72. The van der Waals surface area contributed by atoms with Gasteiger partial charge in [0, 0.05) is 29.5 Å². The molecular formula is C21H23N5O2. The van der Waals surface area contributed by atoms with Crippen molar-refractivity contribution in [3.05, 3.63) is 82.1 Å². The average molecular weight is 377 g/mol. The first-order valence-electron chi connectivity index (χ1n) is 9.15. The van der Waals surface area contributed by atoms with Crippen molar-refractivity contribution in [2.24, 2.45) is 10.8 Å². The van der Waals surface area contributed by atoms with Crippen molar-refractivity contribution in [1.29, 1.82) is 0 Å². The Balaban J connectivity index is 1.51. The first kappa shape index (κ1) is 19.5.